The van der Waals surface area contributed by atoms with Gasteiger partial charge in [-0.2, -0.15) is 5.10 Å². The number of carboxylic acid groups (broad SMARTS) is 1. The molecule has 6 heteroatoms. The van der Waals surface area contributed by atoms with Crippen LogP contribution in [0.4, 0.5) is 0 Å². The van der Waals surface area contributed by atoms with Crippen molar-refractivity contribution in [2.75, 3.05) is 0 Å². The molecule has 0 amide bonds. The van der Waals surface area contributed by atoms with Crippen LogP contribution in [-0.4, -0.2) is 25.8 Å². The maximum absolute atomic E-state index is 11.5. The van der Waals surface area contributed by atoms with Gasteiger partial charge in [0.25, 0.3) is 0 Å². The molecule has 21 heavy (non-hydrogen) atoms. The number of halogens is 1. The van der Waals surface area contributed by atoms with E-state index in [1.54, 1.807) is 4.68 Å². The van der Waals surface area contributed by atoms with Crippen molar-refractivity contribution >= 4 is 21.9 Å². The van der Waals surface area contributed by atoms with E-state index in [2.05, 4.69) is 32.9 Å². The average molecular weight is 352 g/mol. The number of carboxylic acids is 1. The highest BCUT2D eigenvalue weighted by molar-refractivity contribution is 9.10. The predicted molar refractivity (Wildman–Crippen MR) is 83.0 cm³/mol. The van der Waals surface area contributed by atoms with Crippen LogP contribution in [0.5, 0.6) is 0 Å². The van der Waals surface area contributed by atoms with E-state index in [-0.39, 0.29) is 0 Å². The first-order valence-electron chi connectivity index (χ1n) is 6.94. The van der Waals surface area contributed by atoms with Gasteiger partial charge in [-0.25, -0.2) is 4.98 Å². The van der Waals surface area contributed by atoms with Gasteiger partial charge in [-0.15, -0.1) is 0 Å². The third-order valence-electron chi connectivity index (χ3n) is 3.33. The van der Waals surface area contributed by atoms with Gasteiger partial charge >= 0.3 is 5.97 Å². The van der Waals surface area contributed by atoms with Crippen LogP contribution in [-0.2, 0) is 24.2 Å². The van der Waals surface area contributed by atoms with E-state index in [0.717, 1.165) is 28.8 Å². The highest BCUT2D eigenvalue weighted by Gasteiger charge is 2.22. The Morgan fingerprint density at radius 2 is 2.14 bits per heavy atom. The molecule has 0 spiro atoms. The molecule has 0 fully saturated rings. The first kappa shape index (κ1) is 15.7. The Bertz CT molecular complexity index is 612. The van der Waals surface area contributed by atoms with Gasteiger partial charge in [0.15, 0.2) is 0 Å². The molecule has 1 N–H and O–H groups in total. The van der Waals surface area contributed by atoms with Crippen molar-refractivity contribution in [2.24, 2.45) is 5.92 Å². The van der Waals surface area contributed by atoms with Gasteiger partial charge in [0.2, 0.25) is 0 Å². The summed E-state index contributed by atoms with van der Waals surface area (Å²) in [5.41, 5.74) is 0.992. The fourth-order valence-corrected chi connectivity index (χ4v) is 2.69. The summed E-state index contributed by atoms with van der Waals surface area (Å²) in [5.74, 6) is -0.586. The predicted octanol–water partition coefficient (Wildman–Crippen LogP) is 2.94. The fourth-order valence-electron chi connectivity index (χ4n) is 2.24. The summed E-state index contributed by atoms with van der Waals surface area (Å²) in [7, 11) is 0. The number of carbonyl (C=O) groups is 1. The molecule has 1 atom stereocenters. The van der Waals surface area contributed by atoms with E-state index in [1.165, 1.54) is 6.33 Å². The zero-order valence-electron chi connectivity index (χ0n) is 11.9. The number of rotatable bonds is 7. The van der Waals surface area contributed by atoms with Gasteiger partial charge in [-0.3, -0.25) is 9.48 Å². The quantitative estimate of drug-likeness (QED) is 0.832. The van der Waals surface area contributed by atoms with E-state index >= 15 is 0 Å². The normalized spacial score (nSPS) is 12.3. The number of benzene rings is 1. The van der Waals surface area contributed by atoms with Crippen LogP contribution in [0.2, 0.25) is 0 Å². The van der Waals surface area contributed by atoms with E-state index in [4.69, 9.17) is 0 Å². The zero-order chi connectivity index (χ0) is 15.2. The Balaban J connectivity index is 2.14. The molecule has 112 valence electrons. The Morgan fingerprint density at radius 1 is 1.38 bits per heavy atom. The molecule has 0 radical (unpaired) electrons. The Kier molecular flexibility index (Phi) is 5.50. The lowest BCUT2D eigenvalue weighted by molar-refractivity contribution is -0.141. The smallest absolute Gasteiger partial charge is 0.307 e. The molecule has 0 saturated carbocycles. The Hall–Kier alpha value is -1.69. The minimum Gasteiger partial charge on any atom is -0.481 e. The van der Waals surface area contributed by atoms with Crippen molar-refractivity contribution in [1.29, 1.82) is 0 Å². The first-order valence-corrected chi connectivity index (χ1v) is 7.74. The number of aliphatic carboxylic acids is 1. The van der Waals surface area contributed by atoms with Gasteiger partial charge in [0, 0.05) is 17.4 Å². The molecule has 5 nitrogen and oxygen atoms in total. The van der Waals surface area contributed by atoms with Crippen LogP contribution in [0.1, 0.15) is 24.7 Å². The van der Waals surface area contributed by atoms with Crippen molar-refractivity contribution in [2.45, 2.75) is 32.7 Å². The molecule has 2 aromatic rings. The van der Waals surface area contributed by atoms with Gasteiger partial charge in [-0.05, 0) is 24.5 Å². The summed E-state index contributed by atoms with van der Waals surface area (Å²) in [4.78, 5) is 15.7. The summed E-state index contributed by atoms with van der Waals surface area (Å²) < 4.78 is 2.72. The van der Waals surface area contributed by atoms with E-state index < -0.39 is 11.9 Å². The third kappa shape index (κ3) is 4.14. The fraction of sp³-hybridized carbons (Fsp3) is 0.400. The zero-order valence-corrected chi connectivity index (χ0v) is 13.5. The lowest BCUT2D eigenvalue weighted by atomic mass is 9.96. The standard InChI is InChI=1S/C15H18BrN3O2/c1-2-7-19-14(17-10-18-19)9-12(15(20)21)8-11-5-3-4-6-13(11)16/h3-6,10,12H,2,7-9H2,1H3,(H,20,21). The molecule has 0 bridgehead atoms. The lowest BCUT2D eigenvalue weighted by Gasteiger charge is -2.13. The molecule has 1 heterocycles. The van der Waals surface area contributed by atoms with Crippen molar-refractivity contribution in [3.05, 3.63) is 46.5 Å². The van der Waals surface area contributed by atoms with E-state index in [9.17, 15) is 9.90 Å². The summed E-state index contributed by atoms with van der Waals surface area (Å²) in [6.45, 7) is 2.82. The minimum atomic E-state index is -0.809. The van der Waals surface area contributed by atoms with Crippen LogP contribution < -0.4 is 0 Å². The van der Waals surface area contributed by atoms with E-state index in [1.807, 2.05) is 24.3 Å². The van der Waals surface area contributed by atoms with Crippen molar-refractivity contribution in [3.8, 4) is 0 Å². The number of hydrogen-bond acceptors (Lipinski definition) is 3. The summed E-state index contributed by atoms with van der Waals surface area (Å²) >= 11 is 3.47. The number of aromatic nitrogens is 3. The molecule has 1 aromatic heterocycles. The topological polar surface area (TPSA) is 68.0 Å². The second-order valence-corrected chi connectivity index (χ2v) is 5.79. The molecule has 0 aliphatic heterocycles. The van der Waals surface area contributed by atoms with Crippen LogP contribution >= 0.6 is 15.9 Å². The molecule has 1 unspecified atom stereocenters. The van der Waals surface area contributed by atoms with Crippen LogP contribution in [0, 0.1) is 5.92 Å². The van der Waals surface area contributed by atoms with Crippen molar-refractivity contribution < 1.29 is 9.90 Å². The summed E-state index contributed by atoms with van der Waals surface area (Å²) in [6.07, 6.45) is 3.28. The molecule has 0 aliphatic carbocycles. The van der Waals surface area contributed by atoms with Gasteiger partial charge in [-0.1, -0.05) is 41.1 Å². The van der Waals surface area contributed by atoms with Gasteiger partial charge in [0.1, 0.15) is 12.2 Å². The second-order valence-electron chi connectivity index (χ2n) is 4.93. The van der Waals surface area contributed by atoms with Crippen LogP contribution in [0.25, 0.3) is 0 Å². The minimum absolute atomic E-state index is 0.386. The molecular formula is C15H18BrN3O2. The highest BCUT2D eigenvalue weighted by atomic mass is 79.9. The van der Waals surface area contributed by atoms with E-state index in [0.29, 0.717) is 12.8 Å². The molecular weight excluding hydrogens is 334 g/mol. The Labute approximate surface area is 132 Å². The van der Waals surface area contributed by atoms with Gasteiger partial charge in [0.05, 0.1) is 5.92 Å². The molecule has 0 aliphatic rings. The van der Waals surface area contributed by atoms with Crippen molar-refractivity contribution in [3.63, 3.8) is 0 Å². The summed E-state index contributed by atoms with van der Waals surface area (Å²) in [6, 6.07) is 7.70. The average Bonchev–Trinajstić information content (AvgIpc) is 2.88. The number of nitrogens with zero attached hydrogens (tertiary/aromatic N) is 3. The lowest BCUT2D eigenvalue weighted by Crippen LogP contribution is -2.21. The maximum Gasteiger partial charge on any atom is 0.307 e. The highest BCUT2D eigenvalue weighted by Crippen LogP contribution is 2.21. The summed E-state index contributed by atoms with van der Waals surface area (Å²) in [5, 5.41) is 13.6. The third-order valence-corrected chi connectivity index (χ3v) is 4.11. The monoisotopic (exact) mass is 351 g/mol. The van der Waals surface area contributed by atoms with Crippen molar-refractivity contribution in [1.82, 2.24) is 14.8 Å². The van der Waals surface area contributed by atoms with Crippen LogP contribution in [0.15, 0.2) is 35.1 Å². The Morgan fingerprint density at radius 3 is 2.81 bits per heavy atom. The number of hydrogen-bond donors (Lipinski definition) is 1. The first-order chi connectivity index (χ1) is 10.1. The number of aryl methyl sites for hydroxylation is 1. The SMILES string of the molecule is CCCn1ncnc1CC(Cc1ccccc1Br)C(=O)O. The second kappa shape index (κ2) is 7.36. The molecule has 1 aromatic carbocycles. The molecule has 2 rings (SSSR count). The largest absolute Gasteiger partial charge is 0.481 e. The van der Waals surface area contributed by atoms with Crippen LogP contribution in [0.3, 0.4) is 0 Å². The van der Waals surface area contributed by atoms with Gasteiger partial charge < -0.3 is 5.11 Å². The maximum atomic E-state index is 11.5. The molecule has 0 saturated heterocycles.